The van der Waals surface area contributed by atoms with E-state index < -0.39 is 0 Å². The molecule has 1 aliphatic rings. The number of hydrogen-bond acceptors (Lipinski definition) is 1. The number of ketones is 1. The maximum atomic E-state index is 11.7. The van der Waals surface area contributed by atoms with Crippen LogP contribution in [0, 0.1) is 0 Å². The van der Waals surface area contributed by atoms with Gasteiger partial charge >= 0.3 is 0 Å². The van der Waals surface area contributed by atoms with Crippen LogP contribution in [-0.4, -0.2) is 5.78 Å². The van der Waals surface area contributed by atoms with Crippen molar-refractivity contribution in [3.05, 3.63) is 34.3 Å². The molecule has 2 heteroatoms. The Morgan fingerprint density at radius 3 is 2.71 bits per heavy atom. The number of Topliss-reactive ketones (excluding diaryl/α,β-unsaturated/α-hetero) is 1. The van der Waals surface area contributed by atoms with Crippen LogP contribution in [0.2, 0.25) is 5.02 Å². The first-order valence-corrected chi connectivity index (χ1v) is 5.22. The summed E-state index contributed by atoms with van der Waals surface area (Å²) in [7, 11) is 0. The lowest BCUT2D eigenvalue weighted by atomic mass is 9.72. The van der Waals surface area contributed by atoms with Crippen molar-refractivity contribution in [1.82, 2.24) is 0 Å². The Morgan fingerprint density at radius 2 is 2.00 bits per heavy atom. The second kappa shape index (κ2) is 3.09. The van der Waals surface area contributed by atoms with Gasteiger partial charge in [0.15, 0.2) is 0 Å². The van der Waals surface area contributed by atoms with E-state index in [2.05, 4.69) is 0 Å². The normalized spacial score (nSPS) is 19.2. The Morgan fingerprint density at radius 1 is 1.29 bits per heavy atom. The first-order chi connectivity index (χ1) is 6.53. The lowest BCUT2D eigenvalue weighted by molar-refractivity contribution is -0.124. The van der Waals surface area contributed by atoms with E-state index in [0.29, 0.717) is 12.2 Å². The fraction of sp³-hybridized carbons (Fsp3) is 0.417. The predicted octanol–water partition coefficient (Wildman–Crippen LogP) is 3.13. The summed E-state index contributed by atoms with van der Waals surface area (Å²) >= 11 is 6.11. The molecule has 0 N–H and O–H groups in total. The molecule has 0 saturated carbocycles. The van der Waals surface area contributed by atoms with Crippen LogP contribution in [-0.2, 0) is 16.6 Å². The lowest BCUT2D eigenvalue weighted by Crippen LogP contribution is -2.34. The zero-order valence-electron chi connectivity index (χ0n) is 8.43. The minimum Gasteiger partial charge on any atom is -0.299 e. The smallest absolute Gasteiger partial charge is 0.143 e. The van der Waals surface area contributed by atoms with Crippen molar-refractivity contribution in [1.29, 1.82) is 0 Å². The van der Waals surface area contributed by atoms with Gasteiger partial charge in [0.25, 0.3) is 0 Å². The molecule has 0 heterocycles. The summed E-state index contributed by atoms with van der Waals surface area (Å²) < 4.78 is 0. The maximum Gasteiger partial charge on any atom is 0.143 e. The van der Waals surface area contributed by atoms with Crippen molar-refractivity contribution in [3.63, 3.8) is 0 Å². The molecule has 1 aromatic carbocycles. The molecule has 0 fully saturated rings. The molecule has 0 atom stereocenters. The fourth-order valence-electron chi connectivity index (χ4n) is 2.10. The van der Waals surface area contributed by atoms with Gasteiger partial charge in [0.05, 0.1) is 0 Å². The average molecular weight is 209 g/mol. The second-order valence-corrected chi connectivity index (χ2v) is 4.72. The topological polar surface area (TPSA) is 17.1 Å². The van der Waals surface area contributed by atoms with Gasteiger partial charge in [-0.15, -0.1) is 0 Å². The minimum atomic E-state index is -0.363. The van der Waals surface area contributed by atoms with Gasteiger partial charge in [-0.1, -0.05) is 23.7 Å². The van der Waals surface area contributed by atoms with E-state index in [4.69, 9.17) is 11.6 Å². The van der Waals surface area contributed by atoms with Gasteiger partial charge in [0, 0.05) is 16.9 Å². The standard InChI is InChI=1S/C12H13ClO/c1-12(2)9-4-3-5-10(13)8(9)6-7-11(12)14/h3-5H,6-7H2,1-2H3. The summed E-state index contributed by atoms with van der Waals surface area (Å²) in [5.41, 5.74) is 1.89. The van der Waals surface area contributed by atoms with E-state index in [-0.39, 0.29) is 5.41 Å². The van der Waals surface area contributed by atoms with Crippen molar-refractivity contribution in [2.75, 3.05) is 0 Å². The van der Waals surface area contributed by atoms with E-state index >= 15 is 0 Å². The number of fused-ring (bicyclic) bond motifs is 1. The third kappa shape index (κ3) is 1.27. The van der Waals surface area contributed by atoms with E-state index in [0.717, 1.165) is 22.6 Å². The van der Waals surface area contributed by atoms with E-state index in [1.165, 1.54) is 0 Å². The Hall–Kier alpha value is -0.820. The number of halogens is 1. The van der Waals surface area contributed by atoms with Crippen LogP contribution in [0.1, 0.15) is 31.4 Å². The number of benzene rings is 1. The molecule has 0 aromatic heterocycles. The molecule has 0 bridgehead atoms. The van der Waals surface area contributed by atoms with E-state index in [1.54, 1.807) is 0 Å². The van der Waals surface area contributed by atoms with Gasteiger partial charge in [0.1, 0.15) is 5.78 Å². The van der Waals surface area contributed by atoms with Crippen molar-refractivity contribution >= 4 is 17.4 Å². The highest BCUT2D eigenvalue weighted by atomic mass is 35.5. The molecule has 0 amide bonds. The number of carbonyl (C=O) groups excluding carboxylic acids is 1. The largest absolute Gasteiger partial charge is 0.299 e. The highest BCUT2D eigenvalue weighted by Crippen LogP contribution is 2.37. The molecule has 1 nitrogen and oxygen atoms in total. The van der Waals surface area contributed by atoms with Gasteiger partial charge in [0.2, 0.25) is 0 Å². The van der Waals surface area contributed by atoms with Gasteiger partial charge in [-0.3, -0.25) is 4.79 Å². The van der Waals surface area contributed by atoms with Crippen LogP contribution >= 0.6 is 11.6 Å². The van der Waals surface area contributed by atoms with Crippen LogP contribution in [0.5, 0.6) is 0 Å². The second-order valence-electron chi connectivity index (χ2n) is 4.31. The predicted molar refractivity (Wildman–Crippen MR) is 57.8 cm³/mol. The van der Waals surface area contributed by atoms with E-state index in [1.807, 2.05) is 32.0 Å². The van der Waals surface area contributed by atoms with Crippen molar-refractivity contribution in [3.8, 4) is 0 Å². The molecule has 1 aromatic rings. The van der Waals surface area contributed by atoms with Crippen LogP contribution in [0.15, 0.2) is 18.2 Å². The monoisotopic (exact) mass is 208 g/mol. The molecule has 2 rings (SSSR count). The molecule has 0 unspecified atom stereocenters. The highest BCUT2D eigenvalue weighted by molar-refractivity contribution is 6.31. The van der Waals surface area contributed by atoms with Crippen LogP contribution in [0.4, 0.5) is 0 Å². The maximum absolute atomic E-state index is 11.7. The number of carbonyl (C=O) groups is 1. The van der Waals surface area contributed by atoms with Crippen molar-refractivity contribution in [2.24, 2.45) is 0 Å². The Kier molecular flexibility index (Phi) is 2.15. The highest BCUT2D eigenvalue weighted by Gasteiger charge is 2.35. The van der Waals surface area contributed by atoms with Crippen LogP contribution in [0.25, 0.3) is 0 Å². The molecule has 1 aliphatic carbocycles. The minimum absolute atomic E-state index is 0.312. The van der Waals surface area contributed by atoms with Crippen molar-refractivity contribution < 1.29 is 4.79 Å². The number of hydrogen-bond donors (Lipinski definition) is 0. The fourth-order valence-corrected chi connectivity index (χ4v) is 2.37. The van der Waals surface area contributed by atoms with E-state index in [9.17, 15) is 4.79 Å². The first kappa shape index (κ1) is 9.72. The summed E-state index contributed by atoms with van der Waals surface area (Å²) in [5.74, 6) is 0.312. The lowest BCUT2D eigenvalue weighted by Gasteiger charge is -2.31. The summed E-state index contributed by atoms with van der Waals surface area (Å²) in [4.78, 5) is 11.7. The Labute approximate surface area is 89.1 Å². The van der Waals surface area contributed by atoms with Gasteiger partial charge in [-0.05, 0) is 37.5 Å². The van der Waals surface area contributed by atoms with Crippen molar-refractivity contribution in [2.45, 2.75) is 32.1 Å². The quantitative estimate of drug-likeness (QED) is 0.640. The summed E-state index contributed by atoms with van der Waals surface area (Å²) in [6, 6.07) is 5.83. The van der Waals surface area contributed by atoms with Gasteiger partial charge < -0.3 is 0 Å². The molecule has 0 spiro atoms. The third-order valence-electron chi connectivity index (χ3n) is 3.09. The molecular formula is C12H13ClO. The first-order valence-electron chi connectivity index (χ1n) is 4.84. The average Bonchev–Trinajstić information content (AvgIpc) is 2.13. The zero-order chi connectivity index (χ0) is 10.3. The Bertz CT molecular complexity index is 393. The Balaban J connectivity index is 2.64. The number of rotatable bonds is 0. The summed E-state index contributed by atoms with van der Waals surface area (Å²) in [6.07, 6.45) is 1.40. The molecule has 0 radical (unpaired) electrons. The molecule has 74 valence electrons. The van der Waals surface area contributed by atoms with Gasteiger partial charge in [-0.25, -0.2) is 0 Å². The third-order valence-corrected chi connectivity index (χ3v) is 3.45. The molecule has 14 heavy (non-hydrogen) atoms. The molecular weight excluding hydrogens is 196 g/mol. The zero-order valence-corrected chi connectivity index (χ0v) is 9.19. The summed E-state index contributed by atoms with van der Waals surface area (Å²) in [6.45, 7) is 3.95. The van der Waals surface area contributed by atoms with Crippen LogP contribution in [0.3, 0.4) is 0 Å². The van der Waals surface area contributed by atoms with Crippen LogP contribution < -0.4 is 0 Å². The SMILES string of the molecule is CC1(C)C(=O)CCc2c(Cl)cccc21. The molecule has 0 aliphatic heterocycles. The van der Waals surface area contributed by atoms with Gasteiger partial charge in [-0.2, -0.15) is 0 Å². The summed E-state index contributed by atoms with van der Waals surface area (Å²) in [5, 5.41) is 0.795. The molecule has 0 saturated heterocycles.